The zero-order chi connectivity index (χ0) is 15.4. The van der Waals surface area contributed by atoms with E-state index in [1.807, 2.05) is 0 Å². The van der Waals surface area contributed by atoms with Gasteiger partial charge < -0.3 is 10.2 Å². The van der Waals surface area contributed by atoms with Gasteiger partial charge in [-0.15, -0.1) is 11.6 Å². The molecule has 1 aliphatic rings. The van der Waals surface area contributed by atoms with Gasteiger partial charge in [0.05, 0.1) is 0 Å². The molecule has 0 aromatic heterocycles. The van der Waals surface area contributed by atoms with Crippen LogP contribution in [0.5, 0.6) is 0 Å². The number of hydrogen-bond acceptors (Lipinski definition) is 2. The molecular weight excluding hydrogens is 302 g/mol. The lowest BCUT2D eigenvalue weighted by Crippen LogP contribution is -2.33. The summed E-state index contributed by atoms with van der Waals surface area (Å²) in [6.45, 7) is 1.55. The van der Waals surface area contributed by atoms with Gasteiger partial charge in [0.25, 0.3) is 5.91 Å². The molecule has 0 saturated carbocycles. The summed E-state index contributed by atoms with van der Waals surface area (Å²) in [7, 11) is 0. The molecule has 0 bridgehead atoms. The van der Waals surface area contributed by atoms with E-state index in [0.29, 0.717) is 19.6 Å². The molecule has 1 heterocycles. The minimum atomic E-state index is -1.05. The molecule has 1 unspecified atom stereocenters. The highest BCUT2D eigenvalue weighted by molar-refractivity contribution is 6.27. The molecule has 1 aromatic rings. The van der Waals surface area contributed by atoms with E-state index in [2.05, 4.69) is 5.32 Å². The van der Waals surface area contributed by atoms with Gasteiger partial charge in [0.2, 0.25) is 5.91 Å². The van der Waals surface area contributed by atoms with Crippen molar-refractivity contribution < 1.29 is 18.4 Å². The van der Waals surface area contributed by atoms with Gasteiger partial charge in [-0.3, -0.25) is 9.59 Å². The molecule has 0 radical (unpaired) electrons. The molecule has 2 amide bonds. The minimum absolute atomic E-state index is 0.0477. The lowest BCUT2D eigenvalue weighted by molar-refractivity contribution is -0.127. The number of halogens is 3. The van der Waals surface area contributed by atoms with Crippen molar-refractivity contribution in [1.82, 2.24) is 10.2 Å². The molecule has 0 aliphatic carbocycles. The topological polar surface area (TPSA) is 49.4 Å². The standard InChI is InChI=1S/C14H15ClF2N2O2/c15-6-13(20)19-4-3-9(8-19)7-18-14(21)10-1-2-11(16)12(17)5-10/h1-2,5,9H,3-4,6-8H2,(H,18,21). The molecule has 114 valence electrons. The first-order valence-corrected chi connectivity index (χ1v) is 7.11. The molecule has 1 atom stereocenters. The summed E-state index contributed by atoms with van der Waals surface area (Å²) in [5, 5.41) is 2.67. The van der Waals surface area contributed by atoms with E-state index in [0.717, 1.165) is 18.6 Å². The second-order valence-electron chi connectivity index (χ2n) is 4.97. The van der Waals surface area contributed by atoms with Gasteiger partial charge in [-0.25, -0.2) is 8.78 Å². The van der Waals surface area contributed by atoms with Crippen molar-refractivity contribution in [3.05, 3.63) is 35.4 Å². The predicted molar refractivity (Wildman–Crippen MR) is 74.1 cm³/mol. The molecule has 1 aliphatic heterocycles. The van der Waals surface area contributed by atoms with Crippen molar-refractivity contribution in [3.8, 4) is 0 Å². The average Bonchev–Trinajstić information content (AvgIpc) is 2.95. The number of alkyl halides is 1. The molecule has 0 spiro atoms. The second-order valence-corrected chi connectivity index (χ2v) is 5.23. The average molecular weight is 317 g/mol. The normalized spacial score (nSPS) is 17.9. The quantitative estimate of drug-likeness (QED) is 0.861. The van der Waals surface area contributed by atoms with E-state index in [-0.39, 0.29) is 23.3 Å². The monoisotopic (exact) mass is 316 g/mol. The third-order valence-electron chi connectivity index (χ3n) is 3.49. The van der Waals surface area contributed by atoms with Crippen molar-refractivity contribution >= 4 is 23.4 Å². The Bertz CT molecular complexity index is 554. The number of amides is 2. The van der Waals surface area contributed by atoms with Gasteiger partial charge in [0.1, 0.15) is 5.88 Å². The van der Waals surface area contributed by atoms with Gasteiger partial charge in [-0.1, -0.05) is 0 Å². The smallest absolute Gasteiger partial charge is 0.251 e. The number of nitrogens with zero attached hydrogens (tertiary/aromatic N) is 1. The summed E-state index contributed by atoms with van der Waals surface area (Å²) in [6.07, 6.45) is 0.778. The highest BCUT2D eigenvalue weighted by Gasteiger charge is 2.25. The second kappa shape index (κ2) is 6.85. The maximum Gasteiger partial charge on any atom is 0.251 e. The molecule has 2 rings (SSSR count). The predicted octanol–water partition coefficient (Wildman–Crippen LogP) is 1.78. The molecule has 1 N–H and O–H groups in total. The third-order valence-corrected chi connectivity index (χ3v) is 3.71. The summed E-state index contributed by atoms with van der Waals surface area (Å²) < 4.78 is 25.8. The van der Waals surface area contributed by atoms with E-state index in [4.69, 9.17) is 11.6 Å². The minimum Gasteiger partial charge on any atom is -0.352 e. The Morgan fingerprint density at radius 1 is 1.33 bits per heavy atom. The van der Waals surface area contributed by atoms with E-state index < -0.39 is 17.5 Å². The first kappa shape index (κ1) is 15.7. The Balaban J connectivity index is 1.84. The van der Waals surface area contributed by atoms with Crippen LogP contribution in [0, 0.1) is 17.6 Å². The van der Waals surface area contributed by atoms with Crippen LogP contribution in [-0.4, -0.2) is 42.2 Å². The van der Waals surface area contributed by atoms with E-state index in [1.54, 1.807) is 4.90 Å². The van der Waals surface area contributed by atoms with Crippen molar-refractivity contribution in [2.24, 2.45) is 5.92 Å². The summed E-state index contributed by atoms with van der Waals surface area (Å²) in [5.41, 5.74) is 0.0700. The molecule has 1 saturated heterocycles. The number of hydrogen-bond donors (Lipinski definition) is 1. The summed E-state index contributed by atoms with van der Waals surface area (Å²) in [4.78, 5) is 24.9. The van der Waals surface area contributed by atoms with Crippen molar-refractivity contribution in [3.63, 3.8) is 0 Å². The fourth-order valence-corrected chi connectivity index (χ4v) is 2.46. The van der Waals surface area contributed by atoms with E-state index in [1.165, 1.54) is 6.07 Å². The summed E-state index contributed by atoms with van der Waals surface area (Å²) in [6, 6.07) is 3.01. The van der Waals surface area contributed by atoms with Gasteiger partial charge in [0, 0.05) is 25.2 Å². The Labute approximate surface area is 126 Å². The maximum atomic E-state index is 13.0. The first-order valence-electron chi connectivity index (χ1n) is 6.58. The van der Waals surface area contributed by atoms with Crippen LogP contribution in [-0.2, 0) is 4.79 Å². The van der Waals surface area contributed by atoms with Crippen LogP contribution in [0.1, 0.15) is 16.8 Å². The summed E-state index contributed by atoms with van der Waals surface area (Å²) >= 11 is 5.49. The van der Waals surface area contributed by atoms with Crippen LogP contribution in [0.3, 0.4) is 0 Å². The van der Waals surface area contributed by atoms with Gasteiger partial charge in [-0.05, 0) is 30.5 Å². The molecule has 21 heavy (non-hydrogen) atoms. The molecular formula is C14H15ClF2N2O2. The van der Waals surface area contributed by atoms with Crippen molar-refractivity contribution in [2.75, 3.05) is 25.5 Å². The largest absolute Gasteiger partial charge is 0.352 e. The van der Waals surface area contributed by atoms with Gasteiger partial charge >= 0.3 is 0 Å². The Kier molecular flexibility index (Phi) is 5.12. The number of nitrogens with one attached hydrogen (secondary N) is 1. The van der Waals surface area contributed by atoms with Crippen LogP contribution in [0.4, 0.5) is 8.78 Å². The van der Waals surface area contributed by atoms with Gasteiger partial charge in [-0.2, -0.15) is 0 Å². The third kappa shape index (κ3) is 3.91. The number of carbonyl (C=O) groups excluding carboxylic acids is 2. The lowest BCUT2D eigenvalue weighted by Gasteiger charge is -2.15. The van der Waals surface area contributed by atoms with Crippen molar-refractivity contribution in [2.45, 2.75) is 6.42 Å². The van der Waals surface area contributed by atoms with Gasteiger partial charge in [0.15, 0.2) is 11.6 Å². The zero-order valence-corrected chi connectivity index (χ0v) is 12.0. The van der Waals surface area contributed by atoms with Crippen LogP contribution >= 0.6 is 11.6 Å². The van der Waals surface area contributed by atoms with Crippen LogP contribution in [0.15, 0.2) is 18.2 Å². The first-order chi connectivity index (χ1) is 10.0. The fourth-order valence-electron chi connectivity index (χ4n) is 2.29. The SMILES string of the molecule is O=C(NCC1CCN(C(=O)CCl)C1)c1ccc(F)c(F)c1. The molecule has 1 fully saturated rings. The maximum absolute atomic E-state index is 13.0. The highest BCUT2D eigenvalue weighted by atomic mass is 35.5. The molecule has 1 aromatic carbocycles. The Morgan fingerprint density at radius 2 is 2.10 bits per heavy atom. The van der Waals surface area contributed by atoms with Crippen molar-refractivity contribution in [1.29, 1.82) is 0 Å². The van der Waals surface area contributed by atoms with Crippen LogP contribution in [0.2, 0.25) is 0 Å². The molecule has 4 nitrogen and oxygen atoms in total. The number of rotatable bonds is 4. The van der Waals surface area contributed by atoms with Crippen LogP contribution in [0.25, 0.3) is 0 Å². The Morgan fingerprint density at radius 3 is 2.76 bits per heavy atom. The number of benzene rings is 1. The number of carbonyl (C=O) groups is 2. The van der Waals surface area contributed by atoms with E-state index >= 15 is 0 Å². The Hall–Kier alpha value is -1.69. The number of likely N-dealkylation sites (tertiary alicyclic amines) is 1. The van der Waals surface area contributed by atoms with E-state index in [9.17, 15) is 18.4 Å². The highest BCUT2D eigenvalue weighted by Crippen LogP contribution is 2.16. The molecule has 7 heteroatoms. The lowest BCUT2D eigenvalue weighted by atomic mass is 10.1. The van der Waals surface area contributed by atoms with Crippen LogP contribution < -0.4 is 5.32 Å². The summed E-state index contributed by atoms with van der Waals surface area (Å²) in [5.74, 6) is -2.53. The fraction of sp³-hybridized carbons (Fsp3) is 0.429. The zero-order valence-electron chi connectivity index (χ0n) is 11.2.